The van der Waals surface area contributed by atoms with Crippen LogP contribution in [0.1, 0.15) is 25.8 Å². The average molecular weight is 545 g/mol. The smallest absolute Gasteiger partial charge is 0.223 e. The molecule has 8 nitrogen and oxygen atoms in total. The van der Waals surface area contributed by atoms with Crippen LogP contribution in [0.4, 0.5) is 11.8 Å². The molecule has 2 atom stereocenters. The first-order valence-corrected chi connectivity index (χ1v) is 14.1. The summed E-state index contributed by atoms with van der Waals surface area (Å²) in [5.41, 5.74) is 5.09. The molecule has 2 unspecified atom stereocenters. The van der Waals surface area contributed by atoms with Gasteiger partial charge in [-0.25, -0.2) is 19.5 Å². The fourth-order valence-electron chi connectivity index (χ4n) is 5.02. The largest absolute Gasteiger partial charge is 0.350 e. The molecule has 3 aromatic heterocycles. The second kappa shape index (κ2) is 10.8. The Morgan fingerprint density at radius 2 is 2.03 bits per heavy atom. The predicted octanol–water partition coefficient (Wildman–Crippen LogP) is 6.08. The van der Waals surface area contributed by atoms with Crippen molar-refractivity contribution in [2.75, 3.05) is 23.1 Å². The third kappa shape index (κ3) is 5.01. The highest BCUT2D eigenvalue weighted by atomic mass is 35.5. The van der Waals surface area contributed by atoms with Crippen LogP contribution in [-0.2, 0) is 6.42 Å². The molecule has 4 heterocycles. The van der Waals surface area contributed by atoms with E-state index in [4.69, 9.17) is 16.6 Å². The first-order valence-electron chi connectivity index (χ1n) is 12.9. The van der Waals surface area contributed by atoms with E-state index in [-0.39, 0.29) is 0 Å². The monoisotopic (exact) mass is 544 g/mol. The standard InChI is InChI=1S/C28H29ClN8S/c1-3-18-11-19(12-20-14-31-28(35-26(18)20)34-21-10-17(2)13-30-15-21)23-8-9-24-27(32-16-33-37(23)24)36-38-25-7-5-4-6-22(25)29/h4-9,11-12,14,16-17,21,30H,3,10,13,15H2,1-2H3,(H,31,34,35)(H,32,33,36). The second-order valence-electron chi connectivity index (χ2n) is 9.72. The Morgan fingerprint density at radius 3 is 2.87 bits per heavy atom. The highest BCUT2D eigenvalue weighted by molar-refractivity contribution is 8.00. The van der Waals surface area contributed by atoms with E-state index in [1.165, 1.54) is 17.5 Å². The first kappa shape index (κ1) is 24.9. The van der Waals surface area contributed by atoms with Crippen molar-refractivity contribution in [1.82, 2.24) is 29.9 Å². The number of anilines is 2. The van der Waals surface area contributed by atoms with Crippen molar-refractivity contribution in [3.63, 3.8) is 0 Å². The maximum absolute atomic E-state index is 6.32. The van der Waals surface area contributed by atoms with Gasteiger partial charge in [-0.3, -0.25) is 0 Å². The molecular weight excluding hydrogens is 516 g/mol. The summed E-state index contributed by atoms with van der Waals surface area (Å²) in [5.74, 6) is 2.05. The summed E-state index contributed by atoms with van der Waals surface area (Å²) >= 11 is 7.75. The highest BCUT2D eigenvalue weighted by Gasteiger charge is 2.20. The Balaban J connectivity index is 1.30. The normalized spacial score (nSPS) is 17.7. The van der Waals surface area contributed by atoms with E-state index in [1.807, 2.05) is 41.0 Å². The van der Waals surface area contributed by atoms with E-state index in [0.717, 1.165) is 64.3 Å². The number of aromatic nitrogens is 5. The molecule has 1 aliphatic heterocycles. The van der Waals surface area contributed by atoms with Crippen molar-refractivity contribution < 1.29 is 0 Å². The van der Waals surface area contributed by atoms with E-state index in [2.05, 4.69) is 62.5 Å². The molecule has 38 heavy (non-hydrogen) atoms. The minimum atomic E-state index is 0.339. The zero-order chi connectivity index (χ0) is 26.1. The van der Waals surface area contributed by atoms with Gasteiger partial charge in [0.2, 0.25) is 5.95 Å². The third-order valence-electron chi connectivity index (χ3n) is 6.89. The van der Waals surface area contributed by atoms with Crippen LogP contribution < -0.4 is 15.4 Å². The third-order valence-corrected chi connectivity index (χ3v) is 8.20. The van der Waals surface area contributed by atoms with Gasteiger partial charge in [0.1, 0.15) is 11.8 Å². The number of hydrogen-bond donors (Lipinski definition) is 3. The Kier molecular flexibility index (Phi) is 7.06. The summed E-state index contributed by atoms with van der Waals surface area (Å²) in [7, 11) is 0. The number of hydrogen-bond acceptors (Lipinski definition) is 8. The molecule has 1 aliphatic rings. The van der Waals surface area contributed by atoms with Crippen LogP contribution in [0, 0.1) is 5.92 Å². The van der Waals surface area contributed by atoms with Crippen molar-refractivity contribution in [3.05, 3.63) is 71.6 Å². The molecule has 1 fully saturated rings. The van der Waals surface area contributed by atoms with Gasteiger partial charge in [0.15, 0.2) is 5.82 Å². The summed E-state index contributed by atoms with van der Waals surface area (Å²) in [4.78, 5) is 15.0. The van der Waals surface area contributed by atoms with Crippen molar-refractivity contribution >= 4 is 51.7 Å². The van der Waals surface area contributed by atoms with Gasteiger partial charge in [-0.1, -0.05) is 37.6 Å². The molecule has 6 rings (SSSR count). The van der Waals surface area contributed by atoms with Gasteiger partial charge >= 0.3 is 0 Å². The number of aryl methyl sites for hydroxylation is 1. The lowest BCUT2D eigenvalue weighted by molar-refractivity contribution is 0.377. The van der Waals surface area contributed by atoms with Crippen LogP contribution in [0.25, 0.3) is 27.7 Å². The fourth-order valence-corrected chi connectivity index (χ4v) is 5.94. The van der Waals surface area contributed by atoms with Gasteiger partial charge in [0.05, 0.1) is 16.2 Å². The minimum absolute atomic E-state index is 0.339. The molecule has 0 amide bonds. The number of fused-ring (bicyclic) bond motifs is 2. The fraction of sp³-hybridized carbons (Fsp3) is 0.286. The predicted molar refractivity (Wildman–Crippen MR) is 156 cm³/mol. The van der Waals surface area contributed by atoms with Crippen molar-refractivity contribution in [2.24, 2.45) is 5.92 Å². The Bertz CT molecular complexity index is 1600. The molecule has 0 bridgehead atoms. The maximum atomic E-state index is 6.32. The van der Waals surface area contributed by atoms with E-state index in [1.54, 1.807) is 6.33 Å². The van der Waals surface area contributed by atoms with Gasteiger partial charge in [0.25, 0.3) is 0 Å². The maximum Gasteiger partial charge on any atom is 0.223 e. The van der Waals surface area contributed by atoms with Crippen LogP contribution in [0.5, 0.6) is 0 Å². The van der Waals surface area contributed by atoms with E-state index < -0.39 is 0 Å². The van der Waals surface area contributed by atoms with Crippen LogP contribution in [0.2, 0.25) is 5.02 Å². The minimum Gasteiger partial charge on any atom is -0.350 e. The molecule has 1 saturated heterocycles. The number of benzene rings is 2. The Morgan fingerprint density at radius 1 is 1.13 bits per heavy atom. The van der Waals surface area contributed by atoms with Crippen molar-refractivity contribution in [1.29, 1.82) is 0 Å². The zero-order valence-corrected chi connectivity index (χ0v) is 22.9. The number of nitrogens with zero attached hydrogens (tertiary/aromatic N) is 5. The summed E-state index contributed by atoms with van der Waals surface area (Å²) in [6.07, 6.45) is 5.47. The number of halogens is 1. The Hall–Kier alpha value is -3.40. The molecule has 5 aromatic rings. The molecule has 194 valence electrons. The van der Waals surface area contributed by atoms with Gasteiger partial charge in [-0.2, -0.15) is 5.10 Å². The number of nitrogens with one attached hydrogen (secondary N) is 3. The molecule has 0 radical (unpaired) electrons. The topological polar surface area (TPSA) is 92.1 Å². The lowest BCUT2D eigenvalue weighted by Gasteiger charge is -2.28. The van der Waals surface area contributed by atoms with Crippen LogP contribution in [-0.4, -0.2) is 43.7 Å². The highest BCUT2D eigenvalue weighted by Crippen LogP contribution is 2.32. The first-order chi connectivity index (χ1) is 18.6. The molecular formula is C28H29ClN8S. The van der Waals surface area contributed by atoms with E-state index in [0.29, 0.717) is 22.9 Å². The zero-order valence-electron chi connectivity index (χ0n) is 21.3. The summed E-state index contributed by atoms with van der Waals surface area (Å²) in [6.45, 7) is 6.43. The summed E-state index contributed by atoms with van der Waals surface area (Å²) < 4.78 is 5.25. The quantitative estimate of drug-likeness (QED) is 0.212. The second-order valence-corrected chi connectivity index (χ2v) is 11.0. The molecule has 0 aliphatic carbocycles. The number of piperidine rings is 1. The van der Waals surface area contributed by atoms with Crippen molar-refractivity contribution in [3.8, 4) is 11.3 Å². The molecule has 0 spiro atoms. The van der Waals surface area contributed by atoms with Crippen LogP contribution in [0.3, 0.4) is 0 Å². The average Bonchev–Trinajstić information content (AvgIpc) is 3.37. The molecule has 3 N–H and O–H groups in total. The van der Waals surface area contributed by atoms with Gasteiger partial charge < -0.3 is 15.4 Å². The molecule has 10 heteroatoms. The SMILES string of the molecule is CCc1cc(-c2ccc3c(NSc4ccccc4Cl)ncnn23)cc2cnc(NC3CNCC(C)C3)nc12. The van der Waals surface area contributed by atoms with E-state index >= 15 is 0 Å². The van der Waals surface area contributed by atoms with Crippen molar-refractivity contribution in [2.45, 2.75) is 37.6 Å². The summed E-state index contributed by atoms with van der Waals surface area (Å²) in [6, 6.07) is 16.5. The number of rotatable bonds is 7. The Labute approximate surface area is 230 Å². The van der Waals surface area contributed by atoms with Crippen LogP contribution in [0.15, 0.2) is 66.0 Å². The van der Waals surface area contributed by atoms with Gasteiger partial charge in [-0.05, 0) is 79.2 Å². The lowest BCUT2D eigenvalue weighted by Crippen LogP contribution is -2.42. The van der Waals surface area contributed by atoms with Gasteiger partial charge in [0, 0.05) is 34.6 Å². The van der Waals surface area contributed by atoms with Crippen LogP contribution >= 0.6 is 23.5 Å². The molecule has 2 aromatic carbocycles. The lowest BCUT2D eigenvalue weighted by atomic mass is 9.98. The molecule has 0 saturated carbocycles. The van der Waals surface area contributed by atoms with Gasteiger partial charge in [-0.15, -0.1) is 0 Å². The van der Waals surface area contributed by atoms with E-state index in [9.17, 15) is 0 Å². The summed E-state index contributed by atoms with van der Waals surface area (Å²) in [5, 5.41) is 13.3.